The minimum absolute atomic E-state index is 0.0907. The van der Waals surface area contributed by atoms with Gasteiger partial charge in [0.1, 0.15) is 17.1 Å². The standard InChI is InChI=1S/C22H25BrFN3O3/c1-30-21-17(23)4-5-18(24)20(21)22(29)26-13-14-6-8-27(9-7-14)19(28)11-15-2-3-16(10-15)12-25/h4-6,15-16H,2-3,7-11,13H2,1H3,(H,26,29). The van der Waals surface area contributed by atoms with Crippen molar-refractivity contribution in [1.29, 1.82) is 5.26 Å². The number of hydrogen-bond acceptors (Lipinski definition) is 4. The quantitative estimate of drug-likeness (QED) is 0.631. The lowest BCUT2D eigenvalue weighted by Gasteiger charge is -2.27. The Hall–Kier alpha value is -2.40. The van der Waals surface area contributed by atoms with E-state index in [0.717, 1.165) is 24.8 Å². The first-order chi connectivity index (χ1) is 14.4. The van der Waals surface area contributed by atoms with Crippen molar-refractivity contribution in [2.45, 2.75) is 32.1 Å². The fraction of sp³-hybridized carbons (Fsp3) is 0.500. The van der Waals surface area contributed by atoms with Crippen molar-refractivity contribution in [2.24, 2.45) is 11.8 Å². The molecule has 8 heteroatoms. The van der Waals surface area contributed by atoms with Crippen LogP contribution in [0.3, 0.4) is 0 Å². The second-order valence-electron chi connectivity index (χ2n) is 7.78. The van der Waals surface area contributed by atoms with Gasteiger partial charge in [-0.15, -0.1) is 0 Å². The number of methoxy groups -OCH3 is 1. The van der Waals surface area contributed by atoms with Gasteiger partial charge in [0.2, 0.25) is 5.91 Å². The second-order valence-corrected chi connectivity index (χ2v) is 8.64. The molecule has 1 aromatic rings. The lowest BCUT2D eigenvalue weighted by atomic mass is 10.0. The van der Waals surface area contributed by atoms with Crippen LogP contribution in [0.2, 0.25) is 0 Å². The number of nitrogens with one attached hydrogen (secondary N) is 1. The Kier molecular flexibility index (Phi) is 7.48. The molecule has 2 unspecified atom stereocenters. The van der Waals surface area contributed by atoms with Crippen LogP contribution in [-0.4, -0.2) is 43.5 Å². The molecule has 0 bridgehead atoms. The van der Waals surface area contributed by atoms with Crippen LogP contribution >= 0.6 is 15.9 Å². The minimum atomic E-state index is -0.646. The number of carbonyl (C=O) groups excluding carboxylic acids is 2. The van der Waals surface area contributed by atoms with E-state index in [1.54, 1.807) is 0 Å². The molecule has 0 spiro atoms. The van der Waals surface area contributed by atoms with E-state index < -0.39 is 11.7 Å². The highest BCUT2D eigenvalue weighted by Gasteiger charge is 2.28. The van der Waals surface area contributed by atoms with E-state index in [1.807, 2.05) is 11.0 Å². The predicted octanol–water partition coefficient (Wildman–Crippen LogP) is 3.82. The van der Waals surface area contributed by atoms with E-state index >= 15 is 0 Å². The third kappa shape index (κ3) is 5.20. The monoisotopic (exact) mass is 477 g/mol. The Morgan fingerprint density at radius 3 is 2.83 bits per heavy atom. The Bertz CT molecular complexity index is 896. The summed E-state index contributed by atoms with van der Waals surface area (Å²) in [7, 11) is 1.39. The lowest BCUT2D eigenvalue weighted by molar-refractivity contribution is -0.131. The summed E-state index contributed by atoms with van der Waals surface area (Å²) in [4.78, 5) is 26.8. The van der Waals surface area contributed by atoms with Gasteiger partial charge in [-0.2, -0.15) is 5.26 Å². The molecule has 0 aromatic heterocycles. The largest absolute Gasteiger partial charge is 0.495 e. The van der Waals surface area contributed by atoms with Gasteiger partial charge >= 0.3 is 0 Å². The number of ether oxygens (including phenoxy) is 1. The predicted molar refractivity (Wildman–Crippen MR) is 113 cm³/mol. The maximum atomic E-state index is 14.1. The fourth-order valence-electron chi connectivity index (χ4n) is 4.08. The lowest BCUT2D eigenvalue weighted by Crippen LogP contribution is -2.37. The van der Waals surface area contributed by atoms with E-state index in [1.165, 1.54) is 19.2 Å². The Labute approximate surface area is 184 Å². The average Bonchev–Trinajstić information content (AvgIpc) is 3.21. The third-order valence-corrected chi connectivity index (χ3v) is 6.43. The van der Waals surface area contributed by atoms with Crippen LogP contribution < -0.4 is 10.1 Å². The second kappa shape index (κ2) is 10.1. The van der Waals surface area contributed by atoms with Gasteiger partial charge in [0.15, 0.2) is 0 Å². The van der Waals surface area contributed by atoms with Gasteiger partial charge in [0, 0.05) is 32.0 Å². The van der Waals surface area contributed by atoms with Crippen molar-refractivity contribution >= 4 is 27.7 Å². The smallest absolute Gasteiger partial charge is 0.258 e. The zero-order chi connectivity index (χ0) is 21.7. The number of hydrogen-bond donors (Lipinski definition) is 1. The van der Waals surface area contributed by atoms with Gasteiger partial charge in [-0.3, -0.25) is 9.59 Å². The summed E-state index contributed by atoms with van der Waals surface area (Å²) in [5.41, 5.74) is 0.875. The van der Waals surface area contributed by atoms with E-state index in [9.17, 15) is 14.0 Å². The number of carbonyl (C=O) groups is 2. The van der Waals surface area contributed by atoms with Crippen LogP contribution in [0.1, 0.15) is 42.5 Å². The van der Waals surface area contributed by atoms with Crippen LogP contribution in [0.25, 0.3) is 0 Å². The number of amides is 2. The number of nitriles is 1. The highest BCUT2D eigenvalue weighted by molar-refractivity contribution is 9.10. The summed E-state index contributed by atoms with van der Waals surface area (Å²) in [5, 5.41) is 11.7. The molecule has 30 heavy (non-hydrogen) atoms. The van der Waals surface area contributed by atoms with Crippen molar-refractivity contribution in [3.63, 3.8) is 0 Å². The molecule has 1 saturated carbocycles. The molecule has 6 nitrogen and oxygen atoms in total. The van der Waals surface area contributed by atoms with E-state index in [4.69, 9.17) is 10.00 Å². The third-order valence-electron chi connectivity index (χ3n) is 5.81. The van der Waals surface area contributed by atoms with Crippen molar-refractivity contribution in [1.82, 2.24) is 10.2 Å². The van der Waals surface area contributed by atoms with Gasteiger partial charge in [-0.1, -0.05) is 11.6 Å². The summed E-state index contributed by atoms with van der Waals surface area (Å²) in [5.74, 6) is -0.507. The molecular weight excluding hydrogens is 453 g/mol. The topological polar surface area (TPSA) is 82.4 Å². The molecule has 1 aliphatic heterocycles. The Morgan fingerprint density at radius 1 is 1.40 bits per heavy atom. The number of benzene rings is 1. The van der Waals surface area contributed by atoms with Crippen LogP contribution in [0.5, 0.6) is 5.75 Å². The molecule has 0 saturated heterocycles. The van der Waals surface area contributed by atoms with E-state index in [0.29, 0.717) is 42.9 Å². The van der Waals surface area contributed by atoms with Crippen molar-refractivity contribution in [2.75, 3.05) is 26.7 Å². The van der Waals surface area contributed by atoms with Crippen molar-refractivity contribution in [3.05, 3.63) is 39.6 Å². The molecule has 2 aliphatic rings. The first-order valence-electron chi connectivity index (χ1n) is 10.1. The van der Waals surface area contributed by atoms with Gasteiger partial charge < -0.3 is 15.0 Å². The van der Waals surface area contributed by atoms with Crippen LogP contribution in [-0.2, 0) is 4.79 Å². The van der Waals surface area contributed by atoms with Gasteiger partial charge in [0.05, 0.1) is 17.7 Å². The number of rotatable bonds is 6. The Balaban J connectivity index is 1.51. The molecule has 1 fully saturated rings. The summed E-state index contributed by atoms with van der Waals surface area (Å²) in [6, 6.07) is 5.01. The van der Waals surface area contributed by atoms with Crippen molar-refractivity contribution in [3.8, 4) is 11.8 Å². The molecule has 1 aliphatic carbocycles. The molecule has 0 radical (unpaired) electrons. The molecule has 1 N–H and O–H groups in total. The Morgan fingerprint density at radius 2 is 2.20 bits per heavy atom. The van der Waals surface area contributed by atoms with Crippen LogP contribution in [0, 0.1) is 29.0 Å². The minimum Gasteiger partial charge on any atom is -0.495 e. The molecule has 2 atom stereocenters. The van der Waals surface area contributed by atoms with Crippen LogP contribution in [0.4, 0.5) is 4.39 Å². The van der Waals surface area contributed by atoms with Crippen LogP contribution in [0.15, 0.2) is 28.3 Å². The molecule has 160 valence electrons. The summed E-state index contributed by atoms with van der Waals surface area (Å²) in [6.07, 6.45) is 5.76. The highest BCUT2D eigenvalue weighted by Crippen LogP contribution is 2.33. The summed E-state index contributed by atoms with van der Waals surface area (Å²) in [6.45, 7) is 1.40. The molecule has 1 heterocycles. The fourth-order valence-corrected chi connectivity index (χ4v) is 4.57. The zero-order valence-corrected chi connectivity index (χ0v) is 18.5. The van der Waals surface area contributed by atoms with E-state index in [2.05, 4.69) is 27.3 Å². The van der Waals surface area contributed by atoms with Crippen molar-refractivity contribution < 1.29 is 18.7 Å². The van der Waals surface area contributed by atoms with Gasteiger partial charge in [-0.05, 0) is 59.7 Å². The first kappa shape index (κ1) is 22.3. The maximum absolute atomic E-state index is 14.1. The zero-order valence-electron chi connectivity index (χ0n) is 16.9. The molecular formula is C22H25BrFN3O3. The summed E-state index contributed by atoms with van der Waals surface area (Å²) >= 11 is 3.26. The highest BCUT2D eigenvalue weighted by atomic mass is 79.9. The first-order valence-corrected chi connectivity index (χ1v) is 10.9. The number of nitrogens with zero attached hydrogens (tertiary/aromatic N) is 2. The normalized spacial score (nSPS) is 21.0. The summed E-state index contributed by atoms with van der Waals surface area (Å²) < 4.78 is 19.8. The molecule has 1 aromatic carbocycles. The molecule has 2 amide bonds. The molecule has 3 rings (SSSR count). The van der Waals surface area contributed by atoms with Gasteiger partial charge in [0.25, 0.3) is 5.91 Å². The van der Waals surface area contributed by atoms with Gasteiger partial charge in [-0.25, -0.2) is 4.39 Å². The number of halogens is 2. The SMILES string of the molecule is COc1c(Br)ccc(F)c1C(=O)NCC1=CCN(C(=O)CC2CCC(C#N)C2)CC1. The van der Waals surface area contributed by atoms with E-state index in [-0.39, 0.29) is 23.1 Å². The maximum Gasteiger partial charge on any atom is 0.258 e. The average molecular weight is 478 g/mol.